The highest BCUT2D eigenvalue weighted by molar-refractivity contribution is 7.98. The van der Waals surface area contributed by atoms with Crippen LogP contribution in [0.4, 0.5) is 0 Å². The minimum atomic E-state index is -0.128. The van der Waals surface area contributed by atoms with Gasteiger partial charge in [-0.25, -0.2) is 0 Å². The summed E-state index contributed by atoms with van der Waals surface area (Å²) in [5, 5.41) is 11.9. The number of hydrogen-bond acceptors (Lipinski definition) is 4. The molecule has 0 radical (unpaired) electrons. The summed E-state index contributed by atoms with van der Waals surface area (Å²) in [6, 6.07) is 15.7. The number of aryl methyl sites for hydroxylation is 2. The monoisotopic (exact) mass is 354 g/mol. The molecule has 1 amide bonds. The molecule has 0 aliphatic carbocycles. The van der Waals surface area contributed by atoms with Crippen LogP contribution in [0.15, 0.2) is 42.5 Å². The Hall–Kier alpha value is -2.45. The van der Waals surface area contributed by atoms with E-state index in [2.05, 4.69) is 17.5 Å². The molecule has 1 N–H and O–H groups in total. The van der Waals surface area contributed by atoms with E-state index in [9.17, 15) is 4.79 Å². The van der Waals surface area contributed by atoms with Crippen molar-refractivity contribution in [2.45, 2.75) is 19.6 Å². The Morgan fingerprint density at radius 2 is 1.92 bits per heavy atom. The molecule has 0 saturated carbocycles. The maximum absolute atomic E-state index is 11.8. The second kappa shape index (κ2) is 9.75. The Labute approximate surface area is 153 Å². The number of carbonyl (C=O) groups excluding carboxylic acids is 1. The van der Waals surface area contributed by atoms with Gasteiger partial charge in [0.25, 0.3) is 5.91 Å². The molecule has 0 aromatic heterocycles. The summed E-state index contributed by atoms with van der Waals surface area (Å²) in [6.45, 7) is 4.60. The molecule has 0 fully saturated rings. The van der Waals surface area contributed by atoms with Crippen molar-refractivity contribution in [2.75, 3.05) is 18.9 Å². The van der Waals surface area contributed by atoms with Gasteiger partial charge in [0, 0.05) is 18.1 Å². The van der Waals surface area contributed by atoms with Crippen LogP contribution in [0.5, 0.6) is 5.75 Å². The van der Waals surface area contributed by atoms with Crippen LogP contribution in [0.1, 0.15) is 22.3 Å². The first kappa shape index (κ1) is 18.9. The van der Waals surface area contributed by atoms with Crippen molar-refractivity contribution in [3.05, 3.63) is 64.7 Å². The Morgan fingerprint density at radius 1 is 1.20 bits per heavy atom. The molecule has 0 spiro atoms. The molecule has 0 heterocycles. The fourth-order valence-electron chi connectivity index (χ4n) is 2.42. The summed E-state index contributed by atoms with van der Waals surface area (Å²) in [6.07, 6.45) is 0. The van der Waals surface area contributed by atoms with Gasteiger partial charge in [0.1, 0.15) is 5.75 Å². The zero-order valence-corrected chi connectivity index (χ0v) is 15.4. The zero-order valence-electron chi connectivity index (χ0n) is 14.5. The van der Waals surface area contributed by atoms with Crippen molar-refractivity contribution in [3.63, 3.8) is 0 Å². The number of benzene rings is 2. The molecular formula is C20H22N2O2S. The predicted octanol–water partition coefficient (Wildman–Crippen LogP) is 3.60. The molecule has 0 atom stereocenters. The second-order valence-electron chi connectivity index (χ2n) is 5.78. The normalized spacial score (nSPS) is 10.1. The van der Waals surface area contributed by atoms with Gasteiger partial charge in [0.15, 0.2) is 6.61 Å². The van der Waals surface area contributed by atoms with E-state index in [0.717, 1.165) is 33.9 Å². The fourth-order valence-corrected chi connectivity index (χ4v) is 3.28. The Bertz CT molecular complexity index is 748. The minimum absolute atomic E-state index is 0.0187. The Morgan fingerprint density at radius 3 is 2.64 bits per heavy atom. The molecule has 25 heavy (non-hydrogen) atoms. The maximum Gasteiger partial charge on any atom is 0.257 e. The lowest BCUT2D eigenvalue weighted by Crippen LogP contribution is -2.30. The number of nitrogens with zero attached hydrogens (tertiary/aromatic N) is 1. The largest absolute Gasteiger partial charge is 0.484 e. The molecule has 0 saturated heterocycles. The van der Waals surface area contributed by atoms with Crippen LogP contribution in [0.2, 0.25) is 0 Å². The van der Waals surface area contributed by atoms with E-state index < -0.39 is 0 Å². The van der Waals surface area contributed by atoms with Gasteiger partial charge in [0.05, 0.1) is 11.6 Å². The van der Waals surface area contributed by atoms with E-state index in [1.165, 1.54) is 0 Å². The highest BCUT2D eigenvalue weighted by Gasteiger charge is 2.04. The number of carbonyl (C=O) groups is 1. The fraction of sp³-hybridized carbons (Fsp3) is 0.300. The first-order valence-corrected chi connectivity index (χ1v) is 9.27. The number of nitrogens with one attached hydrogen (secondary N) is 1. The van der Waals surface area contributed by atoms with Crippen molar-refractivity contribution in [1.29, 1.82) is 5.26 Å². The van der Waals surface area contributed by atoms with Crippen molar-refractivity contribution in [3.8, 4) is 11.8 Å². The molecule has 0 aliphatic rings. The maximum atomic E-state index is 11.8. The number of thioether (sulfide) groups is 1. The second-order valence-corrected chi connectivity index (χ2v) is 6.89. The smallest absolute Gasteiger partial charge is 0.257 e. The van der Waals surface area contributed by atoms with E-state index >= 15 is 0 Å². The zero-order chi connectivity index (χ0) is 18.1. The third-order valence-electron chi connectivity index (χ3n) is 3.53. The molecule has 2 aromatic carbocycles. The molecule has 0 bridgehead atoms. The molecule has 4 nitrogen and oxygen atoms in total. The first-order chi connectivity index (χ1) is 12.1. The van der Waals surface area contributed by atoms with Gasteiger partial charge in [-0.15, -0.1) is 0 Å². The minimum Gasteiger partial charge on any atom is -0.484 e. The van der Waals surface area contributed by atoms with Crippen LogP contribution in [0, 0.1) is 25.2 Å². The predicted molar refractivity (Wildman–Crippen MR) is 102 cm³/mol. The summed E-state index contributed by atoms with van der Waals surface area (Å²) in [7, 11) is 0. The summed E-state index contributed by atoms with van der Waals surface area (Å²) >= 11 is 1.69. The third-order valence-corrected chi connectivity index (χ3v) is 4.54. The average molecular weight is 354 g/mol. The standard InChI is InChI=1S/C20H22N2O2S/c1-15-9-16(2)11-19(10-15)24-13-20(23)22-7-8-25-14-18-6-4-3-5-17(18)12-21/h3-6,9-11H,7-8,13-14H2,1-2H3,(H,22,23). The number of ether oxygens (including phenoxy) is 1. The topological polar surface area (TPSA) is 62.1 Å². The lowest BCUT2D eigenvalue weighted by molar-refractivity contribution is -0.122. The number of rotatable bonds is 8. The van der Waals surface area contributed by atoms with Gasteiger partial charge in [-0.1, -0.05) is 24.3 Å². The van der Waals surface area contributed by atoms with Gasteiger partial charge in [-0.3, -0.25) is 4.79 Å². The first-order valence-electron chi connectivity index (χ1n) is 8.12. The number of amides is 1. The number of hydrogen-bond donors (Lipinski definition) is 1. The average Bonchev–Trinajstić information content (AvgIpc) is 2.59. The summed E-state index contributed by atoms with van der Waals surface area (Å²) in [5.41, 5.74) is 3.97. The molecule has 130 valence electrons. The van der Waals surface area contributed by atoms with E-state index in [-0.39, 0.29) is 12.5 Å². The van der Waals surface area contributed by atoms with Crippen LogP contribution in [-0.2, 0) is 10.5 Å². The van der Waals surface area contributed by atoms with Gasteiger partial charge < -0.3 is 10.1 Å². The van der Waals surface area contributed by atoms with Gasteiger partial charge in [-0.05, 0) is 48.7 Å². The molecule has 5 heteroatoms. The van der Waals surface area contributed by atoms with Crippen LogP contribution in [0.25, 0.3) is 0 Å². The molecule has 0 aliphatic heterocycles. The Kier molecular flexibility index (Phi) is 7.36. The van der Waals surface area contributed by atoms with Crippen molar-refractivity contribution in [1.82, 2.24) is 5.32 Å². The molecule has 2 rings (SSSR count). The van der Waals surface area contributed by atoms with Gasteiger partial charge >= 0.3 is 0 Å². The van der Waals surface area contributed by atoms with Crippen molar-refractivity contribution >= 4 is 17.7 Å². The summed E-state index contributed by atoms with van der Waals surface area (Å²) in [4.78, 5) is 11.8. The number of nitriles is 1. The van der Waals surface area contributed by atoms with Crippen LogP contribution < -0.4 is 10.1 Å². The molecular weight excluding hydrogens is 332 g/mol. The lowest BCUT2D eigenvalue weighted by atomic mass is 10.1. The van der Waals surface area contributed by atoms with Gasteiger partial charge in [-0.2, -0.15) is 17.0 Å². The highest BCUT2D eigenvalue weighted by Crippen LogP contribution is 2.16. The SMILES string of the molecule is Cc1cc(C)cc(OCC(=O)NCCSCc2ccccc2C#N)c1. The van der Waals surface area contributed by atoms with E-state index in [0.29, 0.717) is 12.1 Å². The quantitative estimate of drug-likeness (QED) is 0.736. The van der Waals surface area contributed by atoms with Crippen LogP contribution in [0.3, 0.4) is 0 Å². The van der Waals surface area contributed by atoms with E-state index in [4.69, 9.17) is 10.00 Å². The third kappa shape index (κ3) is 6.52. The van der Waals surface area contributed by atoms with Crippen LogP contribution in [-0.4, -0.2) is 24.8 Å². The van der Waals surface area contributed by atoms with E-state index in [1.54, 1.807) is 11.8 Å². The summed E-state index contributed by atoms with van der Waals surface area (Å²) in [5.74, 6) is 2.14. The Balaban J connectivity index is 1.65. The molecule has 0 unspecified atom stereocenters. The van der Waals surface area contributed by atoms with Crippen molar-refractivity contribution < 1.29 is 9.53 Å². The summed E-state index contributed by atoms with van der Waals surface area (Å²) < 4.78 is 5.53. The highest BCUT2D eigenvalue weighted by atomic mass is 32.2. The van der Waals surface area contributed by atoms with E-state index in [1.807, 2.05) is 50.2 Å². The molecule has 2 aromatic rings. The van der Waals surface area contributed by atoms with Gasteiger partial charge in [0.2, 0.25) is 0 Å². The van der Waals surface area contributed by atoms with Crippen molar-refractivity contribution in [2.24, 2.45) is 0 Å². The van der Waals surface area contributed by atoms with Crippen LogP contribution >= 0.6 is 11.8 Å². The lowest BCUT2D eigenvalue weighted by Gasteiger charge is -2.09.